The number of nitrogens with zero attached hydrogens (tertiary/aromatic N) is 2. The van der Waals surface area contributed by atoms with Crippen molar-refractivity contribution in [3.63, 3.8) is 0 Å². The van der Waals surface area contributed by atoms with Crippen LogP contribution in [0.2, 0.25) is 5.02 Å². The summed E-state index contributed by atoms with van der Waals surface area (Å²) in [5.74, 6) is -0.316. The fourth-order valence-electron chi connectivity index (χ4n) is 5.40. The summed E-state index contributed by atoms with van der Waals surface area (Å²) in [6.45, 7) is 2.20. The first-order valence-electron chi connectivity index (χ1n) is 13.2. The van der Waals surface area contributed by atoms with Crippen molar-refractivity contribution in [2.24, 2.45) is 0 Å². The minimum absolute atomic E-state index is 0.00891. The Bertz CT molecular complexity index is 1980. The second-order valence-electron chi connectivity index (χ2n) is 10.1. The number of thiophene rings is 1. The molecule has 42 heavy (non-hydrogen) atoms. The lowest BCUT2D eigenvalue weighted by Gasteiger charge is -2.15. The van der Waals surface area contributed by atoms with E-state index >= 15 is 0 Å². The molecule has 0 aliphatic carbocycles. The maximum Gasteiger partial charge on any atom is 0.307 e. The van der Waals surface area contributed by atoms with Gasteiger partial charge in [-0.15, -0.1) is 11.3 Å². The molecule has 4 aromatic carbocycles. The Balaban J connectivity index is 1.57. The molecule has 6 rings (SSSR count). The molecule has 0 bridgehead atoms. The van der Waals surface area contributed by atoms with Crippen LogP contribution >= 0.6 is 22.9 Å². The van der Waals surface area contributed by atoms with Crippen LogP contribution in [0, 0.1) is 17.0 Å². The fourth-order valence-corrected chi connectivity index (χ4v) is 6.52. The summed E-state index contributed by atoms with van der Waals surface area (Å²) in [4.78, 5) is 23.2. The van der Waals surface area contributed by atoms with Crippen LogP contribution in [0.4, 0.5) is 5.69 Å². The molecule has 0 spiro atoms. The number of aromatic nitrogens is 1. The second-order valence-corrected chi connectivity index (χ2v) is 11.4. The first-order valence-corrected chi connectivity index (χ1v) is 14.5. The van der Waals surface area contributed by atoms with Crippen molar-refractivity contribution in [1.29, 1.82) is 0 Å². The van der Waals surface area contributed by atoms with Gasteiger partial charge in [-0.05, 0) is 76.3 Å². The Kier molecular flexibility index (Phi) is 7.41. The topological polar surface area (TPSA) is 94.6 Å². The van der Waals surface area contributed by atoms with Gasteiger partial charge in [-0.3, -0.25) is 14.9 Å². The molecule has 2 aromatic heterocycles. The highest BCUT2D eigenvalue weighted by Gasteiger charge is 2.24. The van der Waals surface area contributed by atoms with Gasteiger partial charge in [0, 0.05) is 51.1 Å². The van der Waals surface area contributed by atoms with Crippen molar-refractivity contribution in [2.75, 3.05) is 0 Å². The third-order valence-corrected chi connectivity index (χ3v) is 8.58. The molecule has 0 atom stereocenters. The number of aliphatic carboxylic acids is 1. The van der Waals surface area contributed by atoms with Gasteiger partial charge in [0.25, 0.3) is 5.69 Å². The van der Waals surface area contributed by atoms with E-state index < -0.39 is 10.9 Å². The first-order chi connectivity index (χ1) is 20.3. The minimum atomic E-state index is -0.946. The quantitative estimate of drug-likeness (QED) is 0.133. The number of benzene rings is 4. The molecule has 6 aromatic rings. The number of fused-ring (bicyclic) bond motifs is 2. The maximum absolute atomic E-state index is 12.2. The predicted octanol–water partition coefficient (Wildman–Crippen LogP) is 8.51. The summed E-state index contributed by atoms with van der Waals surface area (Å²) in [5.41, 5.74) is 5.71. The van der Waals surface area contributed by atoms with Crippen LogP contribution < -0.4 is 4.74 Å². The first kappa shape index (κ1) is 27.5. The smallest absolute Gasteiger partial charge is 0.307 e. The summed E-state index contributed by atoms with van der Waals surface area (Å²) in [7, 11) is 0. The van der Waals surface area contributed by atoms with Crippen molar-refractivity contribution in [3.05, 3.63) is 133 Å². The van der Waals surface area contributed by atoms with Crippen molar-refractivity contribution in [2.45, 2.75) is 26.4 Å². The molecule has 210 valence electrons. The molecular formula is C33H25ClN2O5S. The van der Waals surface area contributed by atoms with E-state index in [1.807, 2.05) is 78.2 Å². The molecule has 0 saturated heterocycles. The summed E-state index contributed by atoms with van der Waals surface area (Å²) in [6, 6.07) is 26.0. The third kappa shape index (κ3) is 5.34. The largest absolute Gasteiger partial charge is 0.489 e. The van der Waals surface area contributed by atoms with Crippen LogP contribution in [0.1, 0.15) is 27.9 Å². The Labute approximate surface area is 250 Å². The lowest BCUT2D eigenvalue weighted by Crippen LogP contribution is -2.08. The average molecular weight is 597 g/mol. The number of rotatable bonds is 9. The maximum atomic E-state index is 12.2. The normalized spacial score (nSPS) is 11.3. The monoisotopic (exact) mass is 596 g/mol. The van der Waals surface area contributed by atoms with Crippen molar-refractivity contribution in [1.82, 2.24) is 4.57 Å². The van der Waals surface area contributed by atoms with E-state index in [1.54, 1.807) is 17.4 Å². The second kappa shape index (κ2) is 11.3. The lowest BCUT2D eigenvalue weighted by molar-refractivity contribution is -0.384. The summed E-state index contributed by atoms with van der Waals surface area (Å²) in [6.07, 6.45) is 0.256. The molecule has 0 unspecified atom stereocenters. The van der Waals surface area contributed by atoms with Gasteiger partial charge in [-0.25, -0.2) is 0 Å². The van der Waals surface area contributed by atoms with Gasteiger partial charge >= 0.3 is 5.97 Å². The Morgan fingerprint density at radius 1 is 1.02 bits per heavy atom. The third-order valence-electron chi connectivity index (χ3n) is 7.34. The van der Waals surface area contributed by atoms with Gasteiger partial charge in [0.05, 0.1) is 16.9 Å². The zero-order chi connectivity index (χ0) is 29.4. The van der Waals surface area contributed by atoms with Crippen LogP contribution in [0.15, 0.2) is 90.3 Å². The average Bonchev–Trinajstić information content (AvgIpc) is 3.50. The van der Waals surface area contributed by atoms with E-state index in [2.05, 4.69) is 5.38 Å². The van der Waals surface area contributed by atoms with Crippen molar-refractivity contribution < 1.29 is 19.6 Å². The van der Waals surface area contributed by atoms with Gasteiger partial charge in [0.15, 0.2) is 0 Å². The highest BCUT2D eigenvalue weighted by molar-refractivity contribution is 7.17. The number of ether oxygens (including phenoxy) is 1. The molecule has 7 nitrogen and oxygen atoms in total. The zero-order valence-electron chi connectivity index (χ0n) is 22.5. The summed E-state index contributed by atoms with van der Waals surface area (Å²) in [5, 5.41) is 26.0. The Morgan fingerprint density at radius 3 is 2.57 bits per heavy atom. The molecule has 0 fully saturated rings. The predicted molar refractivity (Wildman–Crippen MR) is 166 cm³/mol. The van der Waals surface area contributed by atoms with E-state index in [0.717, 1.165) is 43.5 Å². The van der Waals surface area contributed by atoms with Gasteiger partial charge in [0.1, 0.15) is 12.4 Å². The highest BCUT2D eigenvalue weighted by atomic mass is 35.5. The summed E-state index contributed by atoms with van der Waals surface area (Å²) >= 11 is 7.95. The number of carbonyl (C=O) groups is 1. The zero-order valence-corrected chi connectivity index (χ0v) is 24.1. The van der Waals surface area contributed by atoms with E-state index in [4.69, 9.17) is 16.3 Å². The van der Waals surface area contributed by atoms with Crippen LogP contribution in [-0.4, -0.2) is 20.6 Å². The lowest BCUT2D eigenvalue weighted by atomic mass is 10.0. The van der Waals surface area contributed by atoms with Crippen LogP contribution in [-0.2, 0) is 24.2 Å². The molecule has 9 heteroatoms. The molecule has 0 amide bonds. The van der Waals surface area contributed by atoms with Crippen molar-refractivity contribution in [3.8, 4) is 11.4 Å². The number of aryl methyl sites for hydroxylation is 1. The number of non-ortho nitro benzene ring substituents is 1. The van der Waals surface area contributed by atoms with Crippen molar-refractivity contribution >= 4 is 55.6 Å². The highest BCUT2D eigenvalue weighted by Crippen LogP contribution is 2.38. The minimum Gasteiger partial charge on any atom is -0.489 e. The number of nitro benzene ring substituents is 1. The number of carboxylic acid groups (broad SMARTS) is 1. The van der Waals surface area contributed by atoms with Crippen LogP contribution in [0.3, 0.4) is 0 Å². The van der Waals surface area contributed by atoms with Gasteiger partial charge in [-0.2, -0.15) is 0 Å². The molecule has 0 radical (unpaired) electrons. The van der Waals surface area contributed by atoms with E-state index in [-0.39, 0.29) is 12.1 Å². The number of hydrogen-bond donors (Lipinski definition) is 1. The number of carboxylic acids is 1. The molecule has 2 heterocycles. The van der Waals surface area contributed by atoms with Gasteiger partial charge < -0.3 is 14.4 Å². The van der Waals surface area contributed by atoms with E-state index in [0.29, 0.717) is 34.9 Å². The molecule has 0 aliphatic heterocycles. The fraction of sp³-hybridized carbons (Fsp3) is 0.121. The molecule has 1 N–H and O–H groups in total. The number of hydrogen-bond acceptors (Lipinski definition) is 5. The van der Waals surface area contributed by atoms with Gasteiger partial charge in [0.2, 0.25) is 0 Å². The van der Waals surface area contributed by atoms with Crippen LogP contribution in [0.5, 0.6) is 5.75 Å². The number of halogens is 1. The Morgan fingerprint density at radius 2 is 1.83 bits per heavy atom. The van der Waals surface area contributed by atoms with Gasteiger partial charge in [-0.1, -0.05) is 41.9 Å². The molecular weight excluding hydrogens is 572 g/mol. The summed E-state index contributed by atoms with van der Waals surface area (Å²) < 4.78 is 9.25. The molecule has 0 aliphatic rings. The van der Waals surface area contributed by atoms with E-state index in [1.165, 1.54) is 12.1 Å². The molecule has 0 saturated carbocycles. The standard InChI is InChI=1S/C33H25ClN2O5S/c1-20-13-24(36(39)40)8-11-29(20)35-30(14-22-19-42-32-12-7-23(34)15-27(22)32)28(17-33(37)38)26-10-9-25(16-31(26)35)41-18-21-5-3-2-4-6-21/h2-13,15-16,19H,14,17-18H2,1H3,(H,37,38). The SMILES string of the molecule is Cc1cc([N+](=O)[O-])ccc1-n1c(Cc2csc3ccc(Cl)cc23)c(CC(=O)O)c2ccc(OCc3ccccc3)cc21. The number of nitro groups is 1. The van der Waals surface area contributed by atoms with Crippen LogP contribution in [0.25, 0.3) is 26.7 Å². The van der Waals surface area contributed by atoms with E-state index in [9.17, 15) is 20.0 Å². The Hall–Kier alpha value is -4.66.